The second-order valence-corrected chi connectivity index (χ2v) is 6.69. The van der Waals surface area contributed by atoms with Crippen LogP contribution in [0.5, 0.6) is 0 Å². The van der Waals surface area contributed by atoms with Crippen LogP contribution in [0.2, 0.25) is 0 Å². The van der Waals surface area contributed by atoms with Crippen molar-refractivity contribution in [2.45, 2.75) is 4.90 Å². The molecule has 8 heteroatoms. The van der Waals surface area contributed by atoms with Crippen LogP contribution < -0.4 is 5.32 Å². The molecule has 1 aromatic carbocycles. The number of amides is 1. The van der Waals surface area contributed by atoms with Crippen molar-refractivity contribution in [3.63, 3.8) is 0 Å². The number of nitrogens with one attached hydrogen (secondary N) is 1. The maximum atomic E-state index is 13.7. The van der Waals surface area contributed by atoms with Gasteiger partial charge < -0.3 is 5.32 Å². The van der Waals surface area contributed by atoms with Gasteiger partial charge in [0.05, 0.1) is 6.54 Å². The highest BCUT2D eigenvalue weighted by Gasteiger charge is 2.30. The van der Waals surface area contributed by atoms with Crippen LogP contribution in [0.25, 0.3) is 0 Å². The minimum absolute atomic E-state index is 0.111. The first-order valence-corrected chi connectivity index (χ1v) is 8.07. The van der Waals surface area contributed by atoms with E-state index in [4.69, 9.17) is 0 Å². The fourth-order valence-corrected chi connectivity index (χ4v) is 3.69. The average molecular weight is 315 g/mol. The summed E-state index contributed by atoms with van der Waals surface area (Å²) in [6, 6.07) is 5.35. The van der Waals surface area contributed by atoms with Crippen LogP contribution in [0, 0.1) is 5.82 Å². The van der Waals surface area contributed by atoms with Crippen LogP contribution in [0.1, 0.15) is 0 Å². The lowest BCUT2D eigenvalue weighted by molar-refractivity contribution is -0.122. The molecule has 1 heterocycles. The van der Waals surface area contributed by atoms with Crippen molar-refractivity contribution in [2.75, 3.05) is 39.8 Å². The Balaban J connectivity index is 2.05. The monoisotopic (exact) mass is 315 g/mol. The topological polar surface area (TPSA) is 69.7 Å². The molecule has 2 rings (SSSR count). The maximum absolute atomic E-state index is 13.7. The highest BCUT2D eigenvalue weighted by atomic mass is 32.2. The molecule has 1 amide bonds. The number of hydrogen-bond acceptors (Lipinski definition) is 4. The highest BCUT2D eigenvalue weighted by molar-refractivity contribution is 7.89. The molecule has 0 radical (unpaired) electrons. The second kappa shape index (κ2) is 6.50. The van der Waals surface area contributed by atoms with Crippen LogP contribution in [0.15, 0.2) is 29.2 Å². The Hall–Kier alpha value is -1.51. The zero-order valence-electron chi connectivity index (χ0n) is 11.8. The Bertz CT molecular complexity index is 613. The van der Waals surface area contributed by atoms with Crippen molar-refractivity contribution in [3.05, 3.63) is 30.1 Å². The van der Waals surface area contributed by atoms with Gasteiger partial charge >= 0.3 is 0 Å². The molecule has 0 unspecified atom stereocenters. The number of halogens is 1. The third kappa shape index (κ3) is 3.58. The fourth-order valence-electron chi connectivity index (χ4n) is 2.20. The van der Waals surface area contributed by atoms with Crippen molar-refractivity contribution >= 4 is 15.9 Å². The van der Waals surface area contributed by atoms with Crippen LogP contribution in [0.3, 0.4) is 0 Å². The normalized spacial score (nSPS) is 17.6. The van der Waals surface area contributed by atoms with Gasteiger partial charge in [0.15, 0.2) is 0 Å². The van der Waals surface area contributed by atoms with E-state index in [1.54, 1.807) is 7.05 Å². The van der Waals surface area contributed by atoms with Crippen LogP contribution in [0.4, 0.5) is 4.39 Å². The molecule has 0 aromatic heterocycles. The summed E-state index contributed by atoms with van der Waals surface area (Å²) in [4.78, 5) is 12.9. The first-order valence-electron chi connectivity index (χ1n) is 6.63. The zero-order chi connectivity index (χ0) is 15.5. The van der Waals surface area contributed by atoms with E-state index in [1.807, 2.05) is 4.90 Å². The van der Waals surface area contributed by atoms with Gasteiger partial charge in [0.25, 0.3) is 0 Å². The lowest BCUT2D eigenvalue weighted by Crippen LogP contribution is -2.50. The van der Waals surface area contributed by atoms with Gasteiger partial charge in [0.2, 0.25) is 15.9 Å². The SMILES string of the molecule is CNC(=O)CN1CCN(S(=O)(=O)c2ccccc2F)CC1. The van der Waals surface area contributed by atoms with Crippen molar-refractivity contribution in [1.29, 1.82) is 0 Å². The van der Waals surface area contributed by atoms with Crippen molar-refractivity contribution < 1.29 is 17.6 Å². The molecule has 116 valence electrons. The molecular formula is C13H18FN3O3S. The van der Waals surface area contributed by atoms with E-state index in [-0.39, 0.29) is 30.4 Å². The molecule has 1 N–H and O–H groups in total. The molecule has 0 spiro atoms. The predicted molar refractivity (Wildman–Crippen MR) is 75.7 cm³/mol. The van der Waals surface area contributed by atoms with Crippen molar-refractivity contribution in [1.82, 2.24) is 14.5 Å². The predicted octanol–water partition coefficient (Wildman–Crippen LogP) is -0.122. The summed E-state index contributed by atoms with van der Waals surface area (Å²) in [5.41, 5.74) is 0. The average Bonchev–Trinajstić information content (AvgIpc) is 2.48. The van der Waals surface area contributed by atoms with E-state index >= 15 is 0 Å². The van der Waals surface area contributed by atoms with E-state index in [1.165, 1.54) is 22.5 Å². The summed E-state index contributed by atoms with van der Waals surface area (Å²) in [7, 11) is -2.26. The molecule has 1 saturated heterocycles. The summed E-state index contributed by atoms with van der Waals surface area (Å²) in [5.74, 6) is -0.856. The van der Waals surface area contributed by atoms with E-state index in [0.717, 1.165) is 6.07 Å². The number of carbonyl (C=O) groups excluding carboxylic acids is 1. The Morgan fingerprint density at radius 3 is 2.43 bits per heavy atom. The summed E-state index contributed by atoms with van der Waals surface area (Å²) in [5, 5.41) is 2.52. The van der Waals surface area contributed by atoms with Gasteiger partial charge in [-0.05, 0) is 12.1 Å². The largest absolute Gasteiger partial charge is 0.358 e. The van der Waals surface area contributed by atoms with Gasteiger partial charge in [-0.2, -0.15) is 4.31 Å². The number of rotatable bonds is 4. The summed E-state index contributed by atoms with van der Waals surface area (Å²) >= 11 is 0. The number of piperazine rings is 1. The smallest absolute Gasteiger partial charge is 0.246 e. The first kappa shape index (κ1) is 15.9. The van der Waals surface area contributed by atoms with Gasteiger partial charge in [0, 0.05) is 33.2 Å². The highest BCUT2D eigenvalue weighted by Crippen LogP contribution is 2.20. The minimum Gasteiger partial charge on any atom is -0.358 e. The number of nitrogens with zero attached hydrogens (tertiary/aromatic N) is 2. The van der Waals surface area contributed by atoms with Crippen LogP contribution in [-0.2, 0) is 14.8 Å². The van der Waals surface area contributed by atoms with Crippen LogP contribution in [-0.4, -0.2) is 63.3 Å². The Morgan fingerprint density at radius 1 is 1.24 bits per heavy atom. The molecule has 0 aliphatic carbocycles. The lowest BCUT2D eigenvalue weighted by Gasteiger charge is -2.33. The molecule has 1 aromatic rings. The molecular weight excluding hydrogens is 297 g/mol. The molecule has 1 fully saturated rings. The molecule has 1 aliphatic heterocycles. The van der Waals surface area contributed by atoms with E-state index < -0.39 is 15.8 Å². The second-order valence-electron chi connectivity index (χ2n) is 4.78. The molecule has 1 aliphatic rings. The molecule has 0 atom stereocenters. The van der Waals surface area contributed by atoms with E-state index in [0.29, 0.717) is 13.1 Å². The Labute approximate surface area is 123 Å². The number of sulfonamides is 1. The van der Waals surface area contributed by atoms with Crippen molar-refractivity contribution in [2.24, 2.45) is 0 Å². The molecule has 0 bridgehead atoms. The number of hydrogen-bond donors (Lipinski definition) is 1. The third-order valence-electron chi connectivity index (χ3n) is 3.43. The molecule has 21 heavy (non-hydrogen) atoms. The Kier molecular flexibility index (Phi) is 4.92. The third-order valence-corrected chi connectivity index (χ3v) is 5.36. The molecule has 6 nitrogen and oxygen atoms in total. The number of likely N-dealkylation sites (N-methyl/N-ethyl adjacent to an activating group) is 1. The van der Waals surface area contributed by atoms with E-state index in [9.17, 15) is 17.6 Å². The van der Waals surface area contributed by atoms with Gasteiger partial charge in [-0.1, -0.05) is 12.1 Å². The number of benzene rings is 1. The maximum Gasteiger partial charge on any atom is 0.246 e. The Morgan fingerprint density at radius 2 is 1.86 bits per heavy atom. The minimum atomic E-state index is -3.82. The fraction of sp³-hybridized carbons (Fsp3) is 0.462. The summed E-state index contributed by atoms with van der Waals surface area (Å²) in [6.07, 6.45) is 0. The number of carbonyl (C=O) groups is 1. The molecule has 0 saturated carbocycles. The van der Waals surface area contributed by atoms with Gasteiger partial charge in [0.1, 0.15) is 10.7 Å². The van der Waals surface area contributed by atoms with E-state index in [2.05, 4.69) is 5.32 Å². The summed E-state index contributed by atoms with van der Waals surface area (Å²) < 4.78 is 39.7. The standard InChI is InChI=1S/C13H18FN3O3S/c1-15-13(18)10-16-6-8-17(9-7-16)21(19,20)12-5-3-2-4-11(12)14/h2-5H,6-10H2,1H3,(H,15,18). The summed E-state index contributed by atoms with van der Waals surface area (Å²) in [6.45, 7) is 1.62. The van der Waals surface area contributed by atoms with Gasteiger partial charge in [-0.15, -0.1) is 0 Å². The lowest BCUT2D eigenvalue weighted by atomic mass is 10.3. The van der Waals surface area contributed by atoms with Gasteiger partial charge in [-0.3, -0.25) is 9.69 Å². The van der Waals surface area contributed by atoms with Gasteiger partial charge in [-0.25, -0.2) is 12.8 Å². The first-order chi connectivity index (χ1) is 9.95. The zero-order valence-corrected chi connectivity index (χ0v) is 12.6. The van der Waals surface area contributed by atoms with Crippen LogP contribution >= 0.6 is 0 Å². The quantitative estimate of drug-likeness (QED) is 0.841. The van der Waals surface area contributed by atoms with Crippen molar-refractivity contribution in [3.8, 4) is 0 Å².